The first kappa shape index (κ1) is 21.2. The van der Waals surface area contributed by atoms with Gasteiger partial charge in [-0.05, 0) is 13.0 Å². The fourth-order valence-electron chi connectivity index (χ4n) is 3.69. The number of hydrogen-bond acceptors (Lipinski definition) is 9. The molecule has 1 aliphatic heterocycles. The minimum absolute atomic E-state index is 0.118. The van der Waals surface area contributed by atoms with Gasteiger partial charge in [0.1, 0.15) is 35.6 Å². The van der Waals surface area contributed by atoms with E-state index in [1.807, 2.05) is 0 Å². The molecule has 4 heterocycles. The number of aliphatic hydroxyl groups is 3. The Hall–Kier alpha value is -3.01. The summed E-state index contributed by atoms with van der Waals surface area (Å²) in [6.07, 6.45) is 4.84. The molecule has 4 unspecified atom stereocenters. The maximum Gasteiger partial charge on any atom is 0.252 e. The van der Waals surface area contributed by atoms with E-state index in [1.165, 1.54) is 24.6 Å². The number of ether oxygens (including phenoxy) is 1. The van der Waals surface area contributed by atoms with E-state index in [4.69, 9.17) is 16.9 Å². The molecule has 0 aromatic carbocycles. The Labute approximate surface area is 181 Å². The fraction of sp³-hybridized carbons (Fsp3) is 0.350. The maximum atomic E-state index is 12.2. The highest BCUT2D eigenvalue weighted by molar-refractivity contribution is 7.14. The lowest BCUT2D eigenvalue weighted by Crippen LogP contribution is -2.44. The van der Waals surface area contributed by atoms with Crippen molar-refractivity contribution in [1.82, 2.24) is 19.9 Å². The molecule has 31 heavy (non-hydrogen) atoms. The third kappa shape index (κ3) is 3.44. The number of terminal acetylenes is 1. The van der Waals surface area contributed by atoms with Gasteiger partial charge in [0.05, 0.1) is 24.1 Å². The van der Waals surface area contributed by atoms with Crippen LogP contribution in [0.15, 0.2) is 24.0 Å². The number of amides is 1. The molecule has 11 heteroatoms. The Balaban J connectivity index is 1.82. The van der Waals surface area contributed by atoms with Crippen LogP contribution in [0, 0.1) is 12.3 Å². The van der Waals surface area contributed by atoms with Crippen molar-refractivity contribution in [3.05, 3.63) is 29.5 Å². The monoisotopic (exact) mass is 443 g/mol. The predicted molar refractivity (Wildman–Crippen MR) is 114 cm³/mol. The smallest absolute Gasteiger partial charge is 0.252 e. The minimum atomic E-state index is -1.70. The Morgan fingerprint density at radius 3 is 2.97 bits per heavy atom. The van der Waals surface area contributed by atoms with E-state index >= 15 is 0 Å². The zero-order valence-corrected chi connectivity index (χ0v) is 17.3. The van der Waals surface area contributed by atoms with Crippen LogP contribution < -0.4 is 11.1 Å². The lowest BCUT2D eigenvalue weighted by atomic mass is 9.96. The van der Waals surface area contributed by atoms with Crippen molar-refractivity contribution in [1.29, 1.82) is 0 Å². The molecule has 3 aromatic rings. The van der Waals surface area contributed by atoms with Gasteiger partial charge in [0.2, 0.25) is 0 Å². The molecule has 1 saturated heterocycles. The lowest BCUT2D eigenvalue weighted by Gasteiger charge is -2.27. The largest absolute Gasteiger partial charge is 0.394 e. The summed E-state index contributed by atoms with van der Waals surface area (Å²) in [4.78, 5) is 21.3. The first-order chi connectivity index (χ1) is 14.8. The van der Waals surface area contributed by atoms with E-state index < -0.39 is 30.6 Å². The molecule has 0 spiro atoms. The van der Waals surface area contributed by atoms with Crippen LogP contribution in [-0.4, -0.2) is 66.7 Å². The van der Waals surface area contributed by atoms with Crippen LogP contribution in [0.1, 0.15) is 23.5 Å². The number of carbonyl (C=O) groups is 1. The second kappa shape index (κ2) is 7.92. The number of fused-ring (bicyclic) bond motifs is 1. The molecule has 1 fully saturated rings. The number of hydrogen-bond donors (Lipinski definition) is 5. The van der Waals surface area contributed by atoms with Gasteiger partial charge < -0.3 is 35.7 Å². The first-order valence-corrected chi connectivity index (χ1v) is 10.3. The van der Waals surface area contributed by atoms with Crippen molar-refractivity contribution in [2.45, 2.75) is 31.0 Å². The number of nitrogens with zero attached hydrogens (tertiary/aromatic N) is 3. The fourth-order valence-corrected chi connectivity index (χ4v) is 4.60. The summed E-state index contributed by atoms with van der Waals surface area (Å²) in [5.74, 6) is 2.26. The Morgan fingerprint density at radius 1 is 1.52 bits per heavy atom. The average Bonchev–Trinajstić information content (AvgIpc) is 3.43. The number of rotatable bonds is 5. The average molecular weight is 443 g/mol. The molecule has 4 rings (SSSR count). The van der Waals surface area contributed by atoms with Gasteiger partial charge in [-0.15, -0.1) is 17.8 Å². The third-order valence-electron chi connectivity index (χ3n) is 5.30. The molecule has 1 amide bonds. The summed E-state index contributed by atoms with van der Waals surface area (Å²) in [5.41, 5.74) is 5.88. The molecule has 6 N–H and O–H groups in total. The van der Waals surface area contributed by atoms with E-state index in [-0.39, 0.29) is 18.3 Å². The highest BCUT2D eigenvalue weighted by atomic mass is 32.1. The van der Waals surface area contributed by atoms with Crippen molar-refractivity contribution in [2.24, 2.45) is 0 Å². The van der Waals surface area contributed by atoms with Gasteiger partial charge in [-0.2, -0.15) is 0 Å². The van der Waals surface area contributed by atoms with Crippen molar-refractivity contribution in [3.63, 3.8) is 0 Å². The molecule has 4 atom stereocenters. The number of anilines is 1. The number of thiophene rings is 1. The molecule has 0 radical (unpaired) electrons. The number of carbonyl (C=O) groups excluding carboxylic acids is 1. The van der Waals surface area contributed by atoms with Crippen molar-refractivity contribution in [2.75, 3.05) is 18.9 Å². The third-order valence-corrected chi connectivity index (χ3v) is 6.27. The summed E-state index contributed by atoms with van der Waals surface area (Å²) in [5, 5.41) is 35.6. The quantitative estimate of drug-likeness (QED) is 0.348. The van der Waals surface area contributed by atoms with Gasteiger partial charge >= 0.3 is 0 Å². The first-order valence-electron chi connectivity index (χ1n) is 9.38. The topological polar surface area (TPSA) is 156 Å². The van der Waals surface area contributed by atoms with Gasteiger partial charge in [0.15, 0.2) is 6.23 Å². The van der Waals surface area contributed by atoms with Crippen LogP contribution >= 0.6 is 11.3 Å². The van der Waals surface area contributed by atoms with Gasteiger partial charge in [-0.25, -0.2) is 9.97 Å². The Kier molecular flexibility index (Phi) is 5.42. The van der Waals surface area contributed by atoms with E-state index in [0.717, 1.165) is 0 Å². The van der Waals surface area contributed by atoms with Crippen LogP contribution in [0.3, 0.4) is 0 Å². The standard InChI is InChI=1S/C20H21N5O5S/c1-3-4-22-18(28)10-5-13(31-8-10)11-6-25(17-14(11)16(21)23-9-24-17)19-20(2,29)15(27)12(7-26)30-19/h1,5-6,8-9,12,15,19,26-27,29H,4,7H2,2H3,(H,22,28)(H2,21,23,24). The van der Waals surface area contributed by atoms with Gasteiger partial charge in [-0.1, -0.05) is 5.92 Å². The predicted octanol–water partition coefficient (Wildman–Crippen LogP) is 0.107. The van der Waals surface area contributed by atoms with Crippen molar-refractivity contribution >= 4 is 34.1 Å². The van der Waals surface area contributed by atoms with E-state index in [0.29, 0.717) is 27.0 Å². The molecule has 0 bridgehead atoms. The van der Waals surface area contributed by atoms with E-state index in [1.54, 1.807) is 22.2 Å². The molecular formula is C20H21N5O5S. The molecule has 0 saturated carbocycles. The number of aliphatic hydroxyl groups excluding tert-OH is 2. The Morgan fingerprint density at radius 2 is 2.29 bits per heavy atom. The van der Waals surface area contributed by atoms with E-state index in [9.17, 15) is 20.1 Å². The second-order valence-electron chi connectivity index (χ2n) is 7.37. The van der Waals surface area contributed by atoms with Crippen LogP contribution in [0.25, 0.3) is 21.5 Å². The highest BCUT2D eigenvalue weighted by Gasteiger charge is 2.53. The SMILES string of the molecule is C#CCNC(=O)c1csc(-c2cn(C3OC(CO)C(O)C3(C)O)c3ncnc(N)c23)c1. The molecule has 1 aliphatic rings. The normalized spacial score (nSPS) is 25.6. The van der Waals surface area contributed by atoms with Crippen LogP contribution in [0.5, 0.6) is 0 Å². The second-order valence-corrected chi connectivity index (χ2v) is 8.29. The Bertz CT molecular complexity index is 1180. The lowest BCUT2D eigenvalue weighted by molar-refractivity contribution is -0.0948. The van der Waals surface area contributed by atoms with E-state index in [2.05, 4.69) is 21.2 Å². The van der Waals surface area contributed by atoms with Crippen LogP contribution in [0.2, 0.25) is 0 Å². The van der Waals surface area contributed by atoms with Crippen molar-refractivity contribution < 1.29 is 24.9 Å². The zero-order chi connectivity index (χ0) is 22.3. The summed E-state index contributed by atoms with van der Waals surface area (Å²) in [7, 11) is 0. The molecule has 10 nitrogen and oxygen atoms in total. The summed E-state index contributed by atoms with van der Waals surface area (Å²) in [6.45, 7) is 1.08. The molecule has 3 aromatic heterocycles. The minimum Gasteiger partial charge on any atom is -0.394 e. The van der Waals surface area contributed by atoms with Crippen molar-refractivity contribution in [3.8, 4) is 22.8 Å². The number of nitrogen functional groups attached to an aromatic ring is 1. The molecular weight excluding hydrogens is 422 g/mol. The zero-order valence-electron chi connectivity index (χ0n) is 16.5. The maximum absolute atomic E-state index is 12.2. The number of nitrogens with one attached hydrogen (secondary N) is 1. The van der Waals surface area contributed by atoms with Gasteiger partial charge in [-0.3, -0.25) is 4.79 Å². The van der Waals surface area contributed by atoms with Crippen LogP contribution in [0.4, 0.5) is 5.82 Å². The summed E-state index contributed by atoms with van der Waals surface area (Å²) < 4.78 is 7.30. The molecule has 0 aliphatic carbocycles. The van der Waals surface area contributed by atoms with Gasteiger partial charge in [0.25, 0.3) is 5.91 Å². The highest BCUT2D eigenvalue weighted by Crippen LogP contribution is 2.43. The number of nitrogens with two attached hydrogens (primary N) is 1. The summed E-state index contributed by atoms with van der Waals surface area (Å²) in [6, 6.07) is 1.70. The van der Waals surface area contributed by atoms with Gasteiger partial charge in [0, 0.05) is 22.0 Å². The molecule has 162 valence electrons. The van der Waals surface area contributed by atoms with Crippen LogP contribution in [-0.2, 0) is 4.74 Å². The number of aromatic nitrogens is 3. The summed E-state index contributed by atoms with van der Waals surface area (Å²) >= 11 is 1.32.